The molecule has 0 spiro atoms. The van der Waals surface area contributed by atoms with Crippen LogP contribution in [0.3, 0.4) is 0 Å². The molecule has 0 aliphatic carbocycles. The van der Waals surface area contributed by atoms with Gasteiger partial charge in [0, 0.05) is 5.39 Å². The number of hydrogen-bond donors (Lipinski definition) is 1. The van der Waals surface area contributed by atoms with Crippen molar-refractivity contribution in [2.24, 2.45) is 5.92 Å². The number of carbonyl (C=O) groups excluding carboxylic acids is 2. The molecular weight excluding hydrogens is 384 g/mol. The number of anilines is 1. The van der Waals surface area contributed by atoms with E-state index >= 15 is 0 Å². The number of ether oxygens (including phenoxy) is 2. The largest absolute Gasteiger partial charge is 0.494 e. The Morgan fingerprint density at radius 1 is 1.13 bits per heavy atom. The number of furan rings is 1. The first kappa shape index (κ1) is 20.9. The monoisotopic (exact) mass is 406 g/mol. The van der Waals surface area contributed by atoms with E-state index in [9.17, 15) is 14.9 Å². The average Bonchev–Trinajstić information content (AvgIpc) is 3.10. The number of esters is 1. The molecule has 1 N–H and O–H groups in total. The smallest absolute Gasteiger partial charge is 0.338 e. The van der Waals surface area contributed by atoms with Crippen molar-refractivity contribution in [3.8, 4) is 11.8 Å². The summed E-state index contributed by atoms with van der Waals surface area (Å²) in [5.74, 6) is 0.0101. The summed E-state index contributed by atoms with van der Waals surface area (Å²) in [6.07, 6.45) is 0.943. The predicted octanol–water partition coefficient (Wildman–Crippen LogP) is 4.52. The topological polar surface area (TPSA) is 102 Å². The van der Waals surface area contributed by atoms with Crippen molar-refractivity contribution in [1.82, 2.24) is 0 Å². The van der Waals surface area contributed by atoms with Gasteiger partial charge in [-0.05, 0) is 48.7 Å². The van der Waals surface area contributed by atoms with Crippen LogP contribution in [0.25, 0.3) is 11.0 Å². The molecule has 0 bridgehead atoms. The van der Waals surface area contributed by atoms with Crippen LogP contribution in [-0.4, -0.2) is 25.1 Å². The zero-order valence-electron chi connectivity index (χ0n) is 16.8. The third-order valence-corrected chi connectivity index (χ3v) is 4.35. The third-order valence-electron chi connectivity index (χ3n) is 4.35. The van der Waals surface area contributed by atoms with Gasteiger partial charge in [-0.3, -0.25) is 4.79 Å². The van der Waals surface area contributed by atoms with Crippen molar-refractivity contribution in [2.45, 2.75) is 20.3 Å². The number of nitriles is 1. The van der Waals surface area contributed by atoms with Gasteiger partial charge in [0.05, 0.1) is 12.2 Å². The zero-order chi connectivity index (χ0) is 21.5. The van der Waals surface area contributed by atoms with Gasteiger partial charge in [-0.2, -0.15) is 5.26 Å². The van der Waals surface area contributed by atoms with Crippen molar-refractivity contribution in [2.75, 3.05) is 18.5 Å². The summed E-state index contributed by atoms with van der Waals surface area (Å²) in [5, 5.41) is 12.4. The normalized spacial score (nSPS) is 10.6. The summed E-state index contributed by atoms with van der Waals surface area (Å²) in [6.45, 7) is 4.36. The van der Waals surface area contributed by atoms with Crippen LogP contribution in [0.2, 0.25) is 0 Å². The molecule has 0 saturated heterocycles. The fraction of sp³-hybridized carbons (Fsp3) is 0.261. The molecule has 3 aromatic rings. The number of rotatable bonds is 8. The molecule has 0 unspecified atom stereocenters. The highest BCUT2D eigenvalue weighted by atomic mass is 16.5. The Morgan fingerprint density at radius 3 is 2.57 bits per heavy atom. The lowest BCUT2D eigenvalue weighted by atomic mass is 10.1. The molecule has 3 rings (SSSR count). The fourth-order valence-electron chi connectivity index (χ4n) is 2.74. The van der Waals surface area contributed by atoms with Crippen molar-refractivity contribution < 1.29 is 23.5 Å². The number of hydrogen-bond acceptors (Lipinski definition) is 6. The van der Waals surface area contributed by atoms with Crippen LogP contribution in [-0.2, 0) is 9.53 Å². The molecule has 0 atom stereocenters. The second-order valence-electron chi connectivity index (χ2n) is 7.09. The number of para-hydroxylation sites is 1. The van der Waals surface area contributed by atoms with E-state index in [2.05, 4.69) is 19.2 Å². The Labute approximate surface area is 174 Å². The van der Waals surface area contributed by atoms with Crippen LogP contribution in [0, 0.1) is 17.2 Å². The maximum absolute atomic E-state index is 12.2. The minimum absolute atomic E-state index is 0.0102. The van der Waals surface area contributed by atoms with Crippen LogP contribution in [0.1, 0.15) is 36.4 Å². The predicted molar refractivity (Wildman–Crippen MR) is 111 cm³/mol. The van der Waals surface area contributed by atoms with Crippen LogP contribution in [0.15, 0.2) is 52.9 Å². The van der Waals surface area contributed by atoms with Gasteiger partial charge in [-0.1, -0.05) is 26.0 Å². The van der Waals surface area contributed by atoms with Crippen molar-refractivity contribution in [1.29, 1.82) is 5.26 Å². The van der Waals surface area contributed by atoms with Gasteiger partial charge in [0.2, 0.25) is 5.76 Å². The van der Waals surface area contributed by atoms with Gasteiger partial charge in [0.15, 0.2) is 6.61 Å². The molecule has 7 heteroatoms. The molecule has 0 aliphatic heterocycles. The van der Waals surface area contributed by atoms with Crippen molar-refractivity contribution >= 4 is 28.5 Å². The summed E-state index contributed by atoms with van der Waals surface area (Å²) in [4.78, 5) is 24.4. The van der Waals surface area contributed by atoms with Gasteiger partial charge in [0.1, 0.15) is 23.1 Å². The maximum atomic E-state index is 12.2. The van der Waals surface area contributed by atoms with Crippen molar-refractivity contribution in [3.05, 3.63) is 59.9 Å². The Balaban J connectivity index is 1.55. The highest BCUT2D eigenvalue weighted by Gasteiger charge is 2.17. The van der Waals surface area contributed by atoms with Crippen LogP contribution in [0.4, 0.5) is 5.69 Å². The van der Waals surface area contributed by atoms with Crippen molar-refractivity contribution in [3.63, 3.8) is 0 Å². The highest BCUT2D eigenvalue weighted by molar-refractivity contribution is 6.03. The maximum Gasteiger partial charge on any atom is 0.338 e. The zero-order valence-corrected chi connectivity index (χ0v) is 16.8. The van der Waals surface area contributed by atoms with Gasteiger partial charge in [-0.25, -0.2) is 4.79 Å². The van der Waals surface area contributed by atoms with E-state index < -0.39 is 18.5 Å². The first-order valence-electron chi connectivity index (χ1n) is 9.59. The van der Waals surface area contributed by atoms with Crippen LogP contribution >= 0.6 is 0 Å². The van der Waals surface area contributed by atoms with E-state index in [-0.39, 0.29) is 11.4 Å². The lowest BCUT2D eigenvalue weighted by Gasteiger charge is -2.09. The second-order valence-corrected chi connectivity index (χ2v) is 7.09. The molecule has 0 fully saturated rings. The summed E-state index contributed by atoms with van der Waals surface area (Å²) in [7, 11) is 0. The fourth-order valence-corrected chi connectivity index (χ4v) is 2.74. The van der Waals surface area contributed by atoms with E-state index in [1.807, 2.05) is 6.07 Å². The number of fused-ring (bicyclic) bond motifs is 1. The summed E-state index contributed by atoms with van der Waals surface area (Å²) in [5.41, 5.74) is 1.06. The second kappa shape index (κ2) is 9.61. The molecule has 154 valence electrons. The highest BCUT2D eigenvalue weighted by Crippen LogP contribution is 2.30. The molecule has 30 heavy (non-hydrogen) atoms. The Bertz CT molecular complexity index is 1080. The molecule has 2 aromatic carbocycles. The molecule has 1 amide bonds. The van der Waals surface area contributed by atoms with Gasteiger partial charge in [0.25, 0.3) is 5.91 Å². The minimum atomic E-state index is -0.628. The molecule has 1 heterocycles. The number of benzene rings is 2. The van der Waals surface area contributed by atoms with E-state index in [4.69, 9.17) is 13.9 Å². The number of amides is 1. The average molecular weight is 406 g/mol. The first-order valence-corrected chi connectivity index (χ1v) is 9.59. The summed E-state index contributed by atoms with van der Waals surface area (Å²) >= 11 is 0. The lowest BCUT2D eigenvalue weighted by Crippen LogP contribution is -2.21. The quantitative estimate of drug-likeness (QED) is 0.552. The number of nitrogens with zero attached hydrogens (tertiary/aromatic N) is 1. The molecule has 0 aliphatic rings. The van der Waals surface area contributed by atoms with E-state index in [0.717, 1.165) is 6.42 Å². The van der Waals surface area contributed by atoms with Gasteiger partial charge in [-0.15, -0.1) is 0 Å². The number of nitrogens with one attached hydrogen (secondary N) is 1. The minimum Gasteiger partial charge on any atom is -0.494 e. The van der Waals surface area contributed by atoms with Gasteiger partial charge < -0.3 is 19.2 Å². The third kappa shape index (κ3) is 5.17. The van der Waals surface area contributed by atoms with Gasteiger partial charge >= 0.3 is 5.97 Å². The first-order chi connectivity index (χ1) is 14.5. The van der Waals surface area contributed by atoms with Crippen LogP contribution in [0.5, 0.6) is 5.75 Å². The lowest BCUT2D eigenvalue weighted by molar-refractivity contribution is -0.119. The summed E-state index contributed by atoms with van der Waals surface area (Å²) in [6, 6.07) is 15.4. The number of carbonyl (C=O) groups is 2. The molecule has 0 saturated carbocycles. The summed E-state index contributed by atoms with van der Waals surface area (Å²) < 4.78 is 16.1. The Morgan fingerprint density at radius 2 is 1.87 bits per heavy atom. The van der Waals surface area contributed by atoms with E-state index in [1.54, 1.807) is 48.5 Å². The standard InChI is InChI=1S/C23H22N2O5/c1-15(2)11-12-28-17-9-7-16(8-10-17)23(27)29-14-21(26)25-22-18-5-3-4-6-19(18)30-20(22)13-24/h3-10,15H,11-12,14H2,1-2H3,(H,25,26). The van der Waals surface area contributed by atoms with E-state index in [1.165, 1.54) is 0 Å². The molecular formula is C23H22N2O5. The Kier molecular flexibility index (Phi) is 6.71. The molecule has 1 aromatic heterocycles. The van der Waals surface area contributed by atoms with Crippen LogP contribution < -0.4 is 10.1 Å². The molecule has 0 radical (unpaired) electrons. The van der Waals surface area contributed by atoms with E-state index in [0.29, 0.717) is 34.8 Å². The molecule has 7 nitrogen and oxygen atoms in total. The Hall–Kier alpha value is -3.79. The SMILES string of the molecule is CC(C)CCOc1ccc(C(=O)OCC(=O)Nc2c(C#N)oc3ccccc23)cc1.